The number of piperidine rings is 2. The SMILES string of the molecule is O=C1CCC2(CCCN(c3nc(CO)cs3)C2)CN1CCc1cnc[nH]1. The molecule has 1 unspecified atom stereocenters. The number of anilines is 1. The smallest absolute Gasteiger partial charge is 0.222 e. The summed E-state index contributed by atoms with van der Waals surface area (Å²) in [5.74, 6) is 0.268. The van der Waals surface area contributed by atoms with Gasteiger partial charge in [-0.2, -0.15) is 0 Å². The van der Waals surface area contributed by atoms with Crippen LogP contribution in [0.1, 0.15) is 37.1 Å². The molecule has 2 fully saturated rings. The van der Waals surface area contributed by atoms with Crippen molar-refractivity contribution in [2.24, 2.45) is 5.41 Å². The van der Waals surface area contributed by atoms with Crippen molar-refractivity contribution in [2.45, 2.75) is 38.7 Å². The van der Waals surface area contributed by atoms with E-state index in [0.717, 1.165) is 68.4 Å². The molecule has 2 N–H and O–H groups in total. The summed E-state index contributed by atoms with van der Waals surface area (Å²) in [4.78, 5) is 28.5. The normalized spacial score (nSPS) is 23.8. The van der Waals surface area contributed by atoms with E-state index in [0.29, 0.717) is 6.42 Å². The molecular formula is C18H25N5O2S. The standard InChI is InChI=1S/C18H25N5O2S/c24-9-15-10-26-17(21-15)23-6-1-4-18(12-23)5-2-16(25)22(11-18)7-3-14-8-19-13-20-14/h8,10,13,24H,1-7,9,11-12H2,(H,19,20). The Morgan fingerprint density at radius 1 is 1.35 bits per heavy atom. The molecule has 2 aliphatic heterocycles. The van der Waals surface area contributed by atoms with Crippen LogP contribution < -0.4 is 4.90 Å². The number of hydrogen-bond donors (Lipinski definition) is 2. The number of thiazole rings is 1. The van der Waals surface area contributed by atoms with Crippen LogP contribution in [-0.2, 0) is 17.8 Å². The molecule has 2 aromatic heterocycles. The van der Waals surface area contributed by atoms with E-state index >= 15 is 0 Å². The van der Waals surface area contributed by atoms with Gasteiger partial charge in [-0.05, 0) is 19.3 Å². The van der Waals surface area contributed by atoms with Crippen LogP contribution >= 0.6 is 11.3 Å². The van der Waals surface area contributed by atoms with Gasteiger partial charge >= 0.3 is 0 Å². The van der Waals surface area contributed by atoms with Gasteiger partial charge in [0, 0.05) is 61.7 Å². The van der Waals surface area contributed by atoms with E-state index in [1.807, 2.05) is 16.5 Å². The van der Waals surface area contributed by atoms with E-state index in [4.69, 9.17) is 0 Å². The molecule has 4 heterocycles. The Kier molecular flexibility index (Phi) is 4.95. The molecule has 1 atom stereocenters. The molecule has 7 nitrogen and oxygen atoms in total. The second kappa shape index (κ2) is 7.36. The molecule has 0 aliphatic carbocycles. The molecule has 4 rings (SSSR count). The first kappa shape index (κ1) is 17.5. The van der Waals surface area contributed by atoms with Crippen LogP contribution in [0.4, 0.5) is 5.13 Å². The van der Waals surface area contributed by atoms with Crippen LogP contribution in [-0.4, -0.2) is 57.0 Å². The van der Waals surface area contributed by atoms with Gasteiger partial charge in [-0.3, -0.25) is 4.79 Å². The largest absolute Gasteiger partial charge is 0.390 e. The highest BCUT2D eigenvalue weighted by molar-refractivity contribution is 7.13. The lowest BCUT2D eigenvalue weighted by Crippen LogP contribution is -2.54. The Labute approximate surface area is 157 Å². The van der Waals surface area contributed by atoms with E-state index in [-0.39, 0.29) is 17.9 Å². The molecule has 0 aromatic carbocycles. The van der Waals surface area contributed by atoms with Crippen molar-refractivity contribution >= 4 is 22.4 Å². The van der Waals surface area contributed by atoms with Crippen LogP contribution in [0.15, 0.2) is 17.9 Å². The molecule has 2 aliphatic rings. The number of aromatic nitrogens is 3. The van der Waals surface area contributed by atoms with Crippen molar-refractivity contribution < 1.29 is 9.90 Å². The minimum Gasteiger partial charge on any atom is -0.390 e. The van der Waals surface area contributed by atoms with Crippen molar-refractivity contribution in [2.75, 3.05) is 31.1 Å². The molecule has 2 saturated heterocycles. The van der Waals surface area contributed by atoms with Gasteiger partial charge in [0.05, 0.1) is 18.6 Å². The maximum atomic E-state index is 12.4. The van der Waals surface area contributed by atoms with Gasteiger partial charge in [0.15, 0.2) is 5.13 Å². The first-order chi connectivity index (χ1) is 12.7. The third kappa shape index (κ3) is 3.61. The van der Waals surface area contributed by atoms with Gasteiger partial charge in [-0.1, -0.05) is 0 Å². The average molecular weight is 375 g/mol. The zero-order chi connectivity index (χ0) is 18.0. The summed E-state index contributed by atoms with van der Waals surface area (Å²) < 4.78 is 0. The predicted molar refractivity (Wildman–Crippen MR) is 100 cm³/mol. The molecule has 1 spiro atoms. The van der Waals surface area contributed by atoms with E-state index in [2.05, 4.69) is 19.9 Å². The van der Waals surface area contributed by atoms with Gasteiger partial charge in [0.25, 0.3) is 0 Å². The van der Waals surface area contributed by atoms with Crippen molar-refractivity contribution in [3.8, 4) is 0 Å². The van der Waals surface area contributed by atoms with E-state index in [1.165, 1.54) is 0 Å². The predicted octanol–water partition coefficient (Wildman–Crippen LogP) is 1.81. The number of aliphatic hydroxyl groups excluding tert-OH is 1. The number of likely N-dealkylation sites (tertiary alicyclic amines) is 1. The maximum absolute atomic E-state index is 12.4. The summed E-state index contributed by atoms with van der Waals surface area (Å²) >= 11 is 1.60. The molecule has 8 heteroatoms. The average Bonchev–Trinajstić information content (AvgIpc) is 3.34. The highest BCUT2D eigenvalue weighted by Gasteiger charge is 2.42. The third-order valence-corrected chi connectivity index (χ3v) is 6.54. The van der Waals surface area contributed by atoms with Gasteiger partial charge in [-0.15, -0.1) is 11.3 Å². The number of carbonyl (C=O) groups is 1. The van der Waals surface area contributed by atoms with E-state index in [1.54, 1.807) is 17.7 Å². The highest BCUT2D eigenvalue weighted by atomic mass is 32.1. The Hall–Kier alpha value is -1.93. The molecular weight excluding hydrogens is 350 g/mol. The van der Waals surface area contributed by atoms with Crippen LogP contribution in [0.3, 0.4) is 0 Å². The number of aliphatic hydroxyl groups is 1. The number of carbonyl (C=O) groups excluding carboxylic acids is 1. The number of H-pyrrole nitrogens is 1. The Morgan fingerprint density at radius 3 is 3.04 bits per heavy atom. The number of aromatic amines is 1. The molecule has 0 saturated carbocycles. The lowest BCUT2D eigenvalue weighted by molar-refractivity contribution is -0.137. The highest BCUT2D eigenvalue weighted by Crippen LogP contribution is 2.40. The Bertz CT molecular complexity index is 747. The fourth-order valence-corrected chi connectivity index (χ4v) is 5.04. The Balaban J connectivity index is 1.43. The zero-order valence-corrected chi connectivity index (χ0v) is 15.7. The van der Waals surface area contributed by atoms with Gasteiger partial charge in [0.1, 0.15) is 0 Å². The fourth-order valence-electron chi connectivity index (χ4n) is 4.20. The molecule has 2 aromatic rings. The van der Waals surface area contributed by atoms with Gasteiger partial charge in [0.2, 0.25) is 5.91 Å². The van der Waals surface area contributed by atoms with E-state index in [9.17, 15) is 9.90 Å². The summed E-state index contributed by atoms with van der Waals surface area (Å²) in [7, 11) is 0. The quantitative estimate of drug-likeness (QED) is 0.832. The topological polar surface area (TPSA) is 85.3 Å². The van der Waals surface area contributed by atoms with Crippen LogP contribution in [0.25, 0.3) is 0 Å². The number of amides is 1. The number of nitrogens with one attached hydrogen (secondary N) is 1. The van der Waals surface area contributed by atoms with Crippen molar-refractivity contribution in [3.05, 3.63) is 29.3 Å². The minimum absolute atomic E-state index is 0.00857. The number of imidazole rings is 1. The Morgan fingerprint density at radius 2 is 2.27 bits per heavy atom. The fraction of sp³-hybridized carbons (Fsp3) is 0.611. The number of hydrogen-bond acceptors (Lipinski definition) is 6. The second-order valence-corrected chi connectivity index (χ2v) is 8.28. The maximum Gasteiger partial charge on any atom is 0.222 e. The molecule has 1 amide bonds. The van der Waals surface area contributed by atoms with Crippen LogP contribution in [0.5, 0.6) is 0 Å². The van der Waals surface area contributed by atoms with Crippen molar-refractivity contribution in [3.63, 3.8) is 0 Å². The summed E-state index contributed by atoms with van der Waals surface area (Å²) in [6.07, 6.45) is 8.21. The number of nitrogens with zero attached hydrogens (tertiary/aromatic N) is 4. The van der Waals surface area contributed by atoms with Gasteiger partial charge in [-0.25, -0.2) is 9.97 Å². The molecule has 26 heavy (non-hydrogen) atoms. The lowest BCUT2D eigenvalue weighted by Gasteiger charge is -2.48. The van der Waals surface area contributed by atoms with Crippen LogP contribution in [0.2, 0.25) is 0 Å². The lowest BCUT2D eigenvalue weighted by atomic mass is 9.73. The minimum atomic E-state index is -0.00857. The summed E-state index contributed by atoms with van der Waals surface area (Å²) in [6, 6.07) is 0. The first-order valence-corrected chi connectivity index (χ1v) is 10.1. The monoisotopic (exact) mass is 375 g/mol. The third-order valence-electron chi connectivity index (χ3n) is 5.59. The van der Waals surface area contributed by atoms with Gasteiger partial charge < -0.3 is 19.9 Å². The van der Waals surface area contributed by atoms with Crippen LogP contribution in [0, 0.1) is 5.41 Å². The summed E-state index contributed by atoms with van der Waals surface area (Å²) in [5.41, 5.74) is 1.97. The molecule has 140 valence electrons. The van der Waals surface area contributed by atoms with E-state index < -0.39 is 0 Å². The first-order valence-electron chi connectivity index (χ1n) is 9.23. The molecule has 0 radical (unpaired) electrons. The van der Waals surface area contributed by atoms with Crippen molar-refractivity contribution in [1.29, 1.82) is 0 Å². The van der Waals surface area contributed by atoms with Crippen molar-refractivity contribution in [1.82, 2.24) is 19.9 Å². The number of rotatable bonds is 5. The second-order valence-electron chi connectivity index (χ2n) is 7.45. The summed E-state index contributed by atoms with van der Waals surface area (Å²) in [5, 5.41) is 12.2. The zero-order valence-electron chi connectivity index (χ0n) is 14.9. The summed E-state index contributed by atoms with van der Waals surface area (Å²) in [6.45, 7) is 3.51. The molecule has 0 bridgehead atoms.